The van der Waals surface area contributed by atoms with E-state index in [1.165, 1.54) is 23.1 Å². The number of nitrogens with one attached hydrogen (secondary N) is 1. The topological polar surface area (TPSA) is 61.0 Å². The van der Waals surface area contributed by atoms with Crippen molar-refractivity contribution in [1.29, 1.82) is 0 Å². The number of aromatic amines is 1. The van der Waals surface area contributed by atoms with Gasteiger partial charge in [0.2, 0.25) is 5.91 Å². The van der Waals surface area contributed by atoms with Crippen LogP contribution in [0.1, 0.15) is 12.0 Å². The number of hydrogen-bond acceptors (Lipinski definition) is 5. The number of likely N-dealkylation sites (N-methyl/N-ethyl adjacent to an activating group) is 1. The highest BCUT2D eigenvalue weighted by Gasteiger charge is 2.41. The van der Waals surface area contributed by atoms with E-state index in [9.17, 15) is 9.18 Å². The molecule has 3 heterocycles. The SMILES string of the molecule is CN1CCN(C(=O)C[C@]2(COc3ccc(F)cc3)CN(Cc3ccc4cc[nH]c4c3)CCO2)CC1. The maximum absolute atomic E-state index is 13.4. The fourth-order valence-corrected chi connectivity index (χ4v) is 4.94. The molecule has 2 saturated heterocycles. The Bertz CT molecular complexity index is 1140. The van der Waals surface area contributed by atoms with Crippen LogP contribution in [-0.4, -0.2) is 90.7 Å². The van der Waals surface area contributed by atoms with Crippen molar-refractivity contribution in [1.82, 2.24) is 19.7 Å². The molecule has 0 unspecified atom stereocenters. The van der Waals surface area contributed by atoms with Crippen molar-refractivity contribution in [3.63, 3.8) is 0 Å². The molecule has 0 radical (unpaired) electrons. The van der Waals surface area contributed by atoms with Crippen LogP contribution >= 0.6 is 0 Å². The van der Waals surface area contributed by atoms with Gasteiger partial charge in [-0.05, 0) is 54.4 Å². The lowest BCUT2D eigenvalue weighted by Gasteiger charge is -2.43. The number of nitrogens with zero attached hydrogens (tertiary/aromatic N) is 3. The van der Waals surface area contributed by atoms with E-state index < -0.39 is 5.60 Å². The van der Waals surface area contributed by atoms with Crippen LogP contribution in [0, 0.1) is 5.82 Å². The van der Waals surface area contributed by atoms with Gasteiger partial charge in [-0.15, -0.1) is 0 Å². The fourth-order valence-electron chi connectivity index (χ4n) is 4.94. The molecule has 2 aliphatic heterocycles. The number of rotatable bonds is 7. The van der Waals surface area contributed by atoms with Gasteiger partial charge in [-0.3, -0.25) is 9.69 Å². The second-order valence-electron chi connectivity index (χ2n) is 9.74. The third-order valence-corrected chi connectivity index (χ3v) is 7.00. The molecule has 3 aromatic rings. The van der Waals surface area contributed by atoms with Crippen LogP contribution in [0.4, 0.5) is 4.39 Å². The van der Waals surface area contributed by atoms with E-state index in [1.807, 2.05) is 11.1 Å². The van der Waals surface area contributed by atoms with Crippen molar-refractivity contribution in [2.24, 2.45) is 0 Å². The average molecular weight is 481 g/mol. The summed E-state index contributed by atoms with van der Waals surface area (Å²) in [5.74, 6) is 0.350. The molecule has 0 spiro atoms. The molecule has 1 atom stereocenters. The van der Waals surface area contributed by atoms with E-state index >= 15 is 0 Å². The van der Waals surface area contributed by atoms with Gasteiger partial charge in [0.05, 0.1) is 13.0 Å². The van der Waals surface area contributed by atoms with Crippen LogP contribution in [0.2, 0.25) is 0 Å². The van der Waals surface area contributed by atoms with Crippen LogP contribution in [0.5, 0.6) is 5.75 Å². The Morgan fingerprint density at radius 3 is 2.69 bits per heavy atom. The average Bonchev–Trinajstić information content (AvgIpc) is 3.32. The van der Waals surface area contributed by atoms with Gasteiger partial charge in [-0.25, -0.2) is 4.39 Å². The molecule has 7 nitrogen and oxygen atoms in total. The first-order valence-corrected chi connectivity index (χ1v) is 12.3. The number of benzene rings is 2. The van der Waals surface area contributed by atoms with Crippen LogP contribution in [-0.2, 0) is 16.1 Å². The maximum Gasteiger partial charge on any atom is 0.225 e. The van der Waals surface area contributed by atoms with Crippen molar-refractivity contribution in [2.45, 2.75) is 18.6 Å². The second kappa shape index (κ2) is 10.4. The summed E-state index contributed by atoms with van der Waals surface area (Å²) < 4.78 is 25.7. The van der Waals surface area contributed by atoms with Gasteiger partial charge in [0.1, 0.15) is 23.8 Å². The lowest BCUT2D eigenvalue weighted by atomic mass is 9.96. The fraction of sp³-hybridized carbons (Fsp3) is 0.444. The standard InChI is InChI=1S/C27H33FN4O3/c1-30-10-12-32(13-11-30)26(33)17-27(20-34-24-6-4-23(28)5-7-24)19-31(14-15-35-27)18-21-2-3-22-8-9-29-25(22)16-21/h2-9,16,29H,10-15,17-20H2,1H3/t27-/m1/s1. The predicted octanol–water partition coefficient (Wildman–Crippen LogP) is 3.12. The Balaban J connectivity index is 1.31. The highest BCUT2D eigenvalue weighted by atomic mass is 19.1. The van der Waals surface area contributed by atoms with Crippen molar-refractivity contribution in [2.75, 3.05) is 59.5 Å². The van der Waals surface area contributed by atoms with Crippen molar-refractivity contribution >= 4 is 16.8 Å². The minimum Gasteiger partial charge on any atom is -0.491 e. The van der Waals surface area contributed by atoms with Gasteiger partial charge in [0.15, 0.2) is 0 Å². The number of piperazine rings is 1. The van der Waals surface area contributed by atoms with E-state index in [1.54, 1.807) is 12.1 Å². The normalized spacial score (nSPS) is 21.9. The smallest absolute Gasteiger partial charge is 0.225 e. The van der Waals surface area contributed by atoms with E-state index in [-0.39, 0.29) is 24.8 Å². The van der Waals surface area contributed by atoms with Gasteiger partial charge in [0.25, 0.3) is 0 Å². The summed E-state index contributed by atoms with van der Waals surface area (Å²) in [6.45, 7) is 6.07. The number of H-pyrrole nitrogens is 1. The lowest BCUT2D eigenvalue weighted by molar-refractivity contribution is -0.157. The molecule has 35 heavy (non-hydrogen) atoms. The summed E-state index contributed by atoms with van der Waals surface area (Å²) in [6, 6.07) is 14.5. The van der Waals surface area contributed by atoms with Gasteiger partial charge in [-0.2, -0.15) is 0 Å². The van der Waals surface area contributed by atoms with Gasteiger partial charge in [-0.1, -0.05) is 12.1 Å². The number of carbonyl (C=O) groups is 1. The molecule has 1 aromatic heterocycles. The third kappa shape index (κ3) is 5.83. The number of ether oxygens (including phenoxy) is 2. The molecule has 1 N–H and O–H groups in total. The highest BCUT2D eigenvalue weighted by Crippen LogP contribution is 2.27. The van der Waals surface area contributed by atoms with E-state index in [0.717, 1.165) is 44.8 Å². The zero-order valence-corrected chi connectivity index (χ0v) is 20.2. The molecule has 2 aliphatic rings. The zero-order chi connectivity index (χ0) is 24.3. The summed E-state index contributed by atoms with van der Waals surface area (Å²) in [4.78, 5) is 23.1. The highest BCUT2D eigenvalue weighted by molar-refractivity contribution is 5.80. The van der Waals surface area contributed by atoms with Crippen LogP contribution in [0.15, 0.2) is 54.7 Å². The van der Waals surface area contributed by atoms with E-state index in [2.05, 4.69) is 46.1 Å². The maximum atomic E-state index is 13.4. The molecule has 0 saturated carbocycles. The van der Waals surface area contributed by atoms with E-state index in [4.69, 9.17) is 9.47 Å². The molecule has 5 rings (SSSR count). The molecule has 0 bridgehead atoms. The number of halogens is 1. The number of fused-ring (bicyclic) bond motifs is 1. The molecule has 2 fully saturated rings. The third-order valence-electron chi connectivity index (χ3n) is 7.00. The Kier molecular flexibility index (Phi) is 7.04. The summed E-state index contributed by atoms with van der Waals surface area (Å²) in [6.07, 6.45) is 2.20. The Morgan fingerprint density at radius 1 is 1.09 bits per heavy atom. The number of amides is 1. The number of morpholine rings is 1. The first-order valence-electron chi connectivity index (χ1n) is 12.3. The molecule has 186 valence electrons. The van der Waals surface area contributed by atoms with Crippen LogP contribution < -0.4 is 4.74 Å². The van der Waals surface area contributed by atoms with Crippen molar-refractivity contribution in [3.05, 3.63) is 66.1 Å². The summed E-state index contributed by atoms with van der Waals surface area (Å²) in [5.41, 5.74) is 1.55. The van der Waals surface area contributed by atoms with Gasteiger partial charge in [0, 0.05) is 57.5 Å². The minimum atomic E-state index is -0.774. The molecular formula is C27H33FN4O3. The lowest BCUT2D eigenvalue weighted by Crippen LogP contribution is -2.58. The molecule has 1 amide bonds. The molecule has 8 heteroatoms. The Hall–Kier alpha value is -2.94. The quantitative estimate of drug-likeness (QED) is 0.563. The van der Waals surface area contributed by atoms with E-state index in [0.29, 0.717) is 18.9 Å². The van der Waals surface area contributed by atoms with Gasteiger partial charge < -0.3 is 24.3 Å². The summed E-state index contributed by atoms with van der Waals surface area (Å²) in [5, 5.41) is 1.19. The molecular weight excluding hydrogens is 447 g/mol. The predicted molar refractivity (Wildman–Crippen MR) is 133 cm³/mol. The Morgan fingerprint density at radius 2 is 1.89 bits per heavy atom. The summed E-state index contributed by atoms with van der Waals surface area (Å²) >= 11 is 0. The second-order valence-corrected chi connectivity index (χ2v) is 9.74. The van der Waals surface area contributed by atoms with Crippen molar-refractivity contribution < 1.29 is 18.7 Å². The first kappa shape index (κ1) is 23.8. The largest absolute Gasteiger partial charge is 0.491 e. The van der Waals surface area contributed by atoms with Gasteiger partial charge >= 0.3 is 0 Å². The first-order chi connectivity index (χ1) is 17.0. The van der Waals surface area contributed by atoms with Crippen LogP contribution in [0.3, 0.4) is 0 Å². The monoisotopic (exact) mass is 480 g/mol. The van der Waals surface area contributed by atoms with Crippen LogP contribution in [0.25, 0.3) is 10.9 Å². The number of aromatic nitrogens is 1. The molecule has 0 aliphatic carbocycles. The Labute approximate surface area is 205 Å². The van der Waals surface area contributed by atoms with Crippen molar-refractivity contribution in [3.8, 4) is 5.75 Å². The number of hydrogen-bond donors (Lipinski definition) is 1. The molecule has 2 aromatic carbocycles. The number of carbonyl (C=O) groups excluding carboxylic acids is 1. The zero-order valence-electron chi connectivity index (χ0n) is 20.2. The summed E-state index contributed by atoms with van der Waals surface area (Å²) in [7, 11) is 2.08. The minimum absolute atomic E-state index is 0.0930.